The van der Waals surface area contributed by atoms with Crippen LogP contribution in [0.25, 0.3) is 0 Å². The lowest BCUT2D eigenvalue weighted by molar-refractivity contribution is 0.563. The monoisotopic (exact) mass is 307 g/mol. The van der Waals surface area contributed by atoms with Crippen LogP contribution in [0.15, 0.2) is 40.2 Å². The molecule has 1 atom stereocenters. The van der Waals surface area contributed by atoms with Crippen molar-refractivity contribution in [3.8, 4) is 0 Å². The number of hydrogen-bond acceptors (Lipinski definition) is 3. The lowest BCUT2D eigenvalue weighted by Crippen LogP contribution is -2.08. The highest BCUT2D eigenvalue weighted by atomic mass is 32.2. The molecule has 2 aromatic rings. The molecule has 0 spiro atoms. The number of aromatic amines is 1. The van der Waals surface area contributed by atoms with Crippen LogP contribution < -0.4 is 4.87 Å². The van der Waals surface area contributed by atoms with Gasteiger partial charge in [-0.25, -0.2) is 0 Å². The van der Waals surface area contributed by atoms with Gasteiger partial charge in [0, 0.05) is 16.0 Å². The molecule has 0 saturated heterocycles. The van der Waals surface area contributed by atoms with Crippen molar-refractivity contribution in [2.45, 2.75) is 43.9 Å². The van der Waals surface area contributed by atoms with E-state index in [0.717, 1.165) is 5.03 Å². The van der Waals surface area contributed by atoms with E-state index < -0.39 is 0 Å². The van der Waals surface area contributed by atoms with Crippen molar-refractivity contribution in [2.24, 2.45) is 5.92 Å². The van der Waals surface area contributed by atoms with Crippen LogP contribution in [0.1, 0.15) is 44.1 Å². The Hall–Kier alpha value is -1.00. The van der Waals surface area contributed by atoms with E-state index >= 15 is 0 Å². The summed E-state index contributed by atoms with van der Waals surface area (Å²) in [4.78, 5) is 16.0. The summed E-state index contributed by atoms with van der Waals surface area (Å²) in [6, 6.07) is 10.5. The zero-order chi connectivity index (χ0) is 14.7. The van der Waals surface area contributed by atoms with Crippen molar-refractivity contribution in [3.05, 3.63) is 50.4 Å². The molecular formula is C16H21NOS2. The number of thiazole rings is 1. The molecule has 0 fully saturated rings. The SMILES string of the molecule is CC(C)Sc1[nH]c(=O)sc1[C@@H](c1ccccc1)C(C)C. The zero-order valence-electron chi connectivity index (χ0n) is 12.3. The number of benzene rings is 1. The highest BCUT2D eigenvalue weighted by Gasteiger charge is 2.24. The third-order valence-corrected chi connectivity index (χ3v) is 5.23. The number of hydrogen-bond donors (Lipinski definition) is 1. The fraction of sp³-hybridized carbons (Fsp3) is 0.438. The maximum absolute atomic E-state index is 11.8. The second-order valence-corrected chi connectivity index (χ2v) is 8.11. The summed E-state index contributed by atoms with van der Waals surface area (Å²) in [7, 11) is 0. The summed E-state index contributed by atoms with van der Waals surface area (Å²) in [5.74, 6) is 0.733. The number of thioether (sulfide) groups is 1. The summed E-state index contributed by atoms with van der Waals surface area (Å²) in [5.41, 5.74) is 1.28. The van der Waals surface area contributed by atoms with E-state index in [1.807, 2.05) is 6.07 Å². The Labute approximate surface area is 128 Å². The standard InChI is InChI=1S/C16H21NOS2/c1-10(2)13(12-8-6-5-7-9-12)14-15(19-11(3)4)17-16(18)20-14/h5-11,13H,1-4H3,(H,17,18)/t13-/m1/s1. The van der Waals surface area contributed by atoms with Gasteiger partial charge in [-0.05, 0) is 11.5 Å². The molecule has 0 aliphatic rings. The van der Waals surface area contributed by atoms with Crippen LogP contribution in [-0.2, 0) is 0 Å². The van der Waals surface area contributed by atoms with Crippen molar-refractivity contribution in [1.82, 2.24) is 4.98 Å². The topological polar surface area (TPSA) is 32.9 Å². The fourth-order valence-corrected chi connectivity index (χ4v) is 4.59. The molecular weight excluding hydrogens is 286 g/mol. The predicted octanol–water partition coefficient (Wildman–Crippen LogP) is 4.72. The molecule has 0 saturated carbocycles. The third kappa shape index (κ3) is 3.55. The molecule has 20 heavy (non-hydrogen) atoms. The number of H-pyrrole nitrogens is 1. The number of rotatable bonds is 5. The van der Waals surface area contributed by atoms with E-state index in [1.165, 1.54) is 21.8 Å². The molecule has 0 bridgehead atoms. The molecule has 0 radical (unpaired) electrons. The molecule has 2 nitrogen and oxygen atoms in total. The van der Waals surface area contributed by atoms with Crippen molar-refractivity contribution >= 4 is 23.1 Å². The molecule has 1 aromatic heterocycles. The molecule has 0 unspecified atom stereocenters. The average Bonchev–Trinajstić information content (AvgIpc) is 2.70. The van der Waals surface area contributed by atoms with Crippen molar-refractivity contribution in [2.75, 3.05) is 0 Å². The van der Waals surface area contributed by atoms with Crippen LogP contribution in [0.3, 0.4) is 0 Å². The lowest BCUT2D eigenvalue weighted by atomic mass is 9.87. The van der Waals surface area contributed by atoms with E-state index in [9.17, 15) is 4.79 Å². The van der Waals surface area contributed by atoms with E-state index in [0.29, 0.717) is 11.2 Å². The van der Waals surface area contributed by atoms with Gasteiger partial charge in [0.15, 0.2) is 0 Å². The van der Waals surface area contributed by atoms with Crippen LogP contribution in [0, 0.1) is 5.92 Å². The zero-order valence-corrected chi connectivity index (χ0v) is 14.0. The smallest absolute Gasteiger partial charge is 0.305 e. The Kier molecular flexibility index (Phi) is 5.11. The van der Waals surface area contributed by atoms with Gasteiger partial charge < -0.3 is 4.98 Å². The third-order valence-electron chi connectivity index (χ3n) is 3.10. The van der Waals surface area contributed by atoms with E-state index in [1.54, 1.807) is 11.8 Å². The fourth-order valence-electron chi connectivity index (χ4n) is 2.35. The molecule has 4 heteroatoms. The summed E-state index contributed by atoms with van der Waals surface area (Å²) >= 11 is 3.10. The first-order valence-corrected chi connectivity index (χ1v) is 8.63. The van der Waals surface area contributed by atoms with Crippen LogP contribution in [0.2, 0.25) is 0 Å². The lowest BCUT2D eigenvalue weighted by Gasteiger charge is -2.21. The molecule has 2 rings (SSSR count). The van der Waals surface area contributed by atoms with Crippen LogP contribution in [0.4, 0.5) is 0 Å². The number of nitrogens with one attached hydrogen (secondary N) is 1. The van der Waals surface area contributed by atoms with E-state index in [4.69, 9.17) is 0 Å². The normalized spacial score (nSPS) is 13.1. The van der Waals surface area contributed by atoms with Gasteiger partial charge in [-0.1, -0.05) is 69.4 Å². The van der Waals surface area contributed by atoms with Gasteiger partial charge >= 0.3 is 4.87 Å². The molecule has 1 N–H and O–H groups in total. The Balaban J connectivity index is 2.48. The maximum Gasteiger partial charge on any atom is 0.305 e. The van der Waals surface area contributed by atoms with Crippen LogP contribution >= 0.6 is 23.1 Å². The Bertz CT molecular complexity index is 598. The first-order valence-electron chi connectivity index (χ1n) is 6.93. The molecule has 1 heterocycles. The van der Waals surface area contributed by atoms with Crippen LogP contribution in [0.5, 0.6) is 0 Å². The second kappa shape index (κ2) is 6.64. The minimum Gasteiger partial charge on any atom is -0.307 e. The van der Waals surface area contributed by atoms with E-state index in [2.05, 4.69) is 56.9 Å². The van der Waals surface area contributed by atoms with Gasteiger partial charge in [0.1, 0.15) is 0 Å². The Morgan fingerprint density at radius 3 is 2.30 bits per heavy atom. The maximum atomic E-state index is 11.8. The molecule has 0 aliphatic carbocycles. The van der Waals surface area contributed by atoms with Gasteiger partial charge in [-0.3, -0.25) is 4.79 Å². The largest absolute Gasteiger partial charge is 0.307 e. The Morgan fingerprint density at radius 2 is 1.75 bits per heavy atom. The molecule has 0 amide bonds. The summed E-state index contributed by atoms with van der Waals surface area (Å²) in [6.07, 6.45) is 0. The van der Waals surface area contributed by atoms with Gasteiger partial charge in [0.2, 0.25) is 0 Å². The molecule has 1 aromatic carbocycles. The first kappa shape index (κ1) is 15.4. The van der Waals surface area contributed by atoms with Gasteiger partial charge in [-0.15, -0.1) is 11.8 Å². The first-order chi connectivity index (χ1) is 9.49. The van der Waals surface area contributed by atoms with Crippen molar-refractivity contribution < 1.29 is 0 Å². The van der Waals surface area contributed by atoms with Crippen molar-refractivity contribution in [1.29, 1.82) is 0 Å². The van der Waals surface area contributed by atoms with Gasteiger partial charge in [-0.2, -0.15) is 0 Å². The van der Waals surface area contributed by atoms with Crippen molar-refractivity contribution in [3.63, 3.8) is 0 Å². The molecule has 0 aliphatic heterocycles. The number of aromatic nitrogens is 1. The summed E-state index contributed by atoms with van der Waals surface area (Å²) in [5, 5.41) is 1.50. The van der Waals surface area contributed by atoms with E-state index in [-0.39, 0.29) is 10.8 Å². The molecule has 108 valence electrons. The van der Waals surface area contributed by atoms with Gasteiger partial charge in [0.25, 0.3) is 0 Å². The Morgan fingerprint density at radius 1 is 1.10 bits per heavy atom. The van der Waals surface area contributed by atoms with Gasteiger partial charge in [0.05, 0.1) is 5.03 Å². The predicted molar refractivity (Wildman–Crippen MR) is 89.1 cm³/mol. The van der Waals surface area contributed by atoms with Crippen LogP contribution in [-0.4, -0.2) is 10.2 Å². The summed E-state index contributed by atoms with van der Waals surface area (Å²) in [6.45, 7) is 8.73. The minimum absolute atomic E-state index is 0.0460. The minimum atomic E-state index is 0.0460. The summed E-state index contributed by atoms with van der Waals surface area (Å²) < 4.78 is 0. The highest BCUT2D eigenvalue weighted by molar-refractivity contribution is 8.00. The quantitative estimate of drug-likeness (QED) is 0.810. The highest BCUT2D eigenvalue weighted by Crippen LogP contribution is 2.39. The second-order valence-electron chi connectivity index (χ2n) is 5.51. The average molecular weight is 307 g/mol.